The van der Waals surface area contributed by atoms with Gasteiger partial charge in [0.2, 0.25) is 0 Å². The van der Waals surface area contributed by atoms with Crippen molar-refractivity contribution in [3.05, 3.63) is 11.8 Å². The van der Waals surface area contributed by atoms with Crippen LogP contribution in [0.15, 0.2) is 11.8 Å². The molecule has 1 rings (SSSR count). The summed E-state index contributed by atoms with van der Waals surface area (Å²) in [6.07, 6.45) is 7.03. The molecule has 3 unspecified atom stereocenters. The maximum atomic E-state index is 10.6. The summed E-state index contributed by atoms with van der Waals surface area (Å²) in [5.41, 5.74) is 11.6. The molecule has 1 aliphatic rings. The van der Waals surface area contributed by atoms with Crippen LogP contribution in [0.1, 0.15) is 38.5 Å². The van der Waals surface area contributed by atoms with Gasteiger partial charge in [-0.2, -0.15) is 0 Å². The standard InChI is InChI=1S/C17H30N4O5/c18-12(16(23)24)5-1-3-8-20-14-7-10-21(11-15(14)22)9-4-2-6-13(19)17(25)26/h7,10,12-13,15,22H,1-6,8-9,11,18-19H2,(H2,23,24,25,26)/p+1. The lowest BCUT2D eigenvalue weighted by atomic mass is 10.1. The molecule has 8 N–H and O–H groups in total. The lowest BCUT2D eigenvalue weighted by molar-refractivity contribution is -0.532. The lowest BCUT2D eigenvalue weighted by Crippen LogP contribution is -2.37. The summed E-state index contributed by atoms with van der Waals surface area (Å²) in [7, 11) is 0. The van der Waals surface area contributed by atoms with Crippen molar-refractivity contribution >= 4 is 18.2 Å². The predicted octanol–water partition coefficient (Wildman–Crippen LogP) is -0.918. The number of carbonyl (C=O) groups is 2. The third-order valence-electron chi connectivity index (χ3n) is 4.35. The van der Waals surface area contributed by atoms with Gasteiger partial charge in [-0.1, -0.05) is 0 Å². The highest BCUT2D eigenvalue weighted by molar-refractivity contribution is 5.73. The van der Waals surface area contributed by atoms with Crippen molar-refractivity contribution in [2.45, 2.75) is 56.7 Å². The van der Waals surface area contributed by atoms with E-state index in [-0.39, 0.29) is 0 Å². The van der Waals surface area contributed by atoms with Gasteiger partial charge in [0.05, 0.1) is 5.70 Å². The number of β-amino-alcohol motifs (C(OH)–C–C–N with tert-alkyl or cyclic N) is 1. The van der Waals surface area contributed by atoms with Crippen molar-refractivity contribution in [3.63, 3.8) is 0 Å². The number of nitrogens with one attached hydrogen (secondary N) is 1. The molecule has 9 heteroatoms. The van der Waals surface area contributed by atoms with Crippen molar-refractivity contribution in [1.82, 2.24) is 5.32 Å². The first kappa shape index (κ1) is 22.1. The fourth-order valence-corrected chi connectivity index (χ4v) is 2.67. The van der Waals surface area contributed by atoms with Gasteiger partial charge in [0.25, 0.3) is 0 Å². The Morgan fingerprint density at radius 1 is 1.12 bits per heavy atom. The number of carboxylic acid groups (broad SMARTS) is 2. The van der Waals surface area contributed by atoms with Gasteiger partial charge < -0.3 is 32.1 Å². The van der Waals surface area contributed by atoms with E-state index >= 15 is 0 Å². The van der Waals surface area contributed by atoms with Crippen LogP contribution in [0.2, 0.25) is 0 Å². The fourth-order valence-electron chi connectivity index (χ4n) is 2.67. The van der Waals surface area contributed by atoms with Crippen molar-refractivity contribution in [2.75, 3.05) is 19.6 Å². The molecule has 0 spiro atoms. The molecule has 0 fully saturated rings. The van der Waals surface area contributed by atoms with Crippen molar-refractivity contribution in [1.29, 1.82) is 0 Å². The van der Waals surface area contributed by atoms with E-state index in [4.69, 9.17) is 21.7 Å². The highest BCUT2D eigenvalue weighted by atomic mass is 16.4. The first-order valence-electron chi connectivity index (χ1n) is 8.99. The minimum atomic E-state index is -0.983. The number of nitrogens with zero attached hydrogens (tertiary/aromatic N) is 1. The highest BCUT2D eigenvalue weighted by Gasteiger charge is 2.21. The van der Waals surface area contributed by atoms with Crippen LogP contribution >= 0.6 is 0 Å². The molecule has 0 aromatic heterocycles. The van der Waals surface area contributed by atoms with Gasteiger partial charge in [0, 0.05) is 19.0 Å². The molecule has 3 atom stereocenters. The molecule has 0 aliphatic carbocycles. The highest BCUT2D eigenvalue weighted by Crippen LogP contribution is 2.07. The van der Waals surface area contributed by atoms with Gasteiger partial charge >= 0.3 is 11.9 Å². The SMILES string of the molecule is NC(CCCCNC1=CC=[N+](CCCCC(N)C(=O)O)CC1O)C(=O)O. The van der Waals surface area contributed by atoms with E-state index in [1.165, 1.54) is 0 Å². The van der Waals surface area contributed by atoms with Gasteiger partial charge in [-0.15, -0.1) is 0 Å². The molecule has 9 nitrogen and oxygen atoms in total. The Balaban J connectivity index is 2.24. The molecule has 0 aromatic rings. The number of hydrogen-bond acceptors (Lipinski definition) is 6. The van der Waals surface area contributed by atoms with Crippen LogP contribution in [0, 0.1) is 0 Å². The molecule has 0 bridgehead atoms. The number of aliphatic carboxylic acids is 2. The van der Waals surface area contributed by atoms with E-state index in [1.54, 1.807) is 0 Å². The van der Waals surface area contributed by atoms with Crippen molar-refractivity contribution in [3.8, 4) is 0 Å². The molecule has 0 aromatic carbocycles. The summed E-state index contributed by atoms with van der Waals surface area (Å²) in [6, 6.07) is -1.63. The number of aliphatic hydroxyl groups excluding tert-OH is 1. The Labute approximate surface area is 153 Å². The quantitative estimate of drug-likeness (QED) is 0.179. The zero-order chi connectivity index (χ0) is 19.5. The van der Waals surface area contributed by atoms with E-state index in [0.717, 1.165) is 31.5 Å². The summed E-state index contributed by atoms with van der Waals surface area (Å²) in [6.45, 7) is 1.87. The summed E-state index contributed by atoms with van der Waals surface area (Å²) in [5.74, 6) is -1.96. The van der Waals surface area contributed by atoms with Crippen molar-refractivity contribution < 1.29 is 29.5 Å². The molecule has 0 radical (unpaired) electrons. The molecule has 148 valence electrons. The second-order valence-electron chi connectivity index (χ2n) is 6.59. The number of allylic oxidation sites excluding steroid dienone is 1. The van der Waals surface area contributed by atoms with Crippen molar-refractivity contribution in [2.24, 2.45) is 11.5 Å². The van der Waals surface area contributed by atoms with E-state index in [0.29, 0.717) is 32.4 Å². The predicted molar refractivity (Wildman–Crippen MR) is 97.1 cm³/mol. The van der Waals surface area contributed by atoms with Crippen LogP contribution < -0.4 is 16.8 Å². The molecular formula is C17H31N4O5+. The van der Waals surface area contributed by atoms with E-state index in [9.17, 15) is 14.7 Å². The summed E-state index contributed by atoms with van der Waals surface area (Å²) >= 11 is 0. The third-order valence-corrected chi connectivity index (χ3v) is 4.35. The Morgan fingerprint density at radius 2 is 1.69 bits per heavy atom. The maximum absolute atomic E-state index is 10.6. The van der Waals surface area contributed by atoms with Crippen LogP contribution in [0.25, 0.3) is 0 Å². The van der Waals surface area contributed by atoms with Crippen LogP contribution in [-0.2, 0) is 9.59 Å². The Morgan fingerprint density at radius 3 is 2.23 bits per heavy atom. The number of hydrogen-bond donors (Lipinski definition) is 6. The average molecular weight is 371 g/mol. The average Bonchev–Trinajstić information content (AvgIpc) is 2.59. The molecule has 0 saturated heterocycles. The second-order valence-corrected chi connectivity index (χ2v) is 6.59. The topological polar surface area (TPSA) is 162 Å². The van der Waals surface area contributed by atoms with E-state index < -0.39 is 30.1 Å². The fraction of sp³-hybridized carbons (Fsp3) is 0.706. The summed E-state index contributed by atoms with van der Waals surface area (Å²) in [4.78, 5) is 21.3. The van der Waals surface area contributed by atoms with Gasteiger partial charge in [0.1, 0.15) is 18.6 Å². The zero-order valence-electron chi connectivity index (χ0n) is 15.0. The van der Waals surface area contributed by atoms with Gasteiger partial charge in [-0.05, 0) is 32.1 Å². The number of unbranched alkanes of at least 4 members (excludes halogenated alkanes) is 2. The lowest BCUT2D eigenvalue weighted by Gasteiger charge is -2.19. The molecule has 0 saturated carbocycles. The second kappa shape index (κ2) is 11.6. The molecule has 0 amide bonds. The first-order valence-corrected chi connectivity index (χ1v) is 8.99. The smallest absolute Gasteiger partial charge is 0.320 e. The van der Waals surface area contributed by atoms with E-state index in [1.807, 2.05) is 16.9 Å². The normalized spacial score (nSPS) is 19.3. The monoisotopic (exact) mass is 371 g/mol. The van der Waals surface area contributed by atoms with Crippen LogP contribution in [0.4, 0.5) is 0 Å². The maximum Gasteiger partial charge on any atom is 0.320 e. The Hall–Kier alpha value is -1.97. The number of rotatable bonds is 13. The number of carboxylic acids is 2. The van der Waals surface area contributed by atoms with Gasteiger partial charge in [-0.3, -0.25) is 9.59 Å². The number of nitrogens with two attached hydrogens (primary N) is 2. The van der Waals surface area contributed by atoms with E-state index in [2.05, 4.69) is 5.32 Å². The largest absolute Gasteiger partial charge is 0.480 e. The van der Waals surface area contributed by atoms with Gasteiger partial charge in [-0.25, -0.2) is 4.58 Å². The molecule has 1 aliphatic heterocycles. The third kappa shape index (κ3) is 8.41. The number of aliphatic hydroxyl groups is 1. The van der Waals surface area contributed by atoms with Crippen LogP contribution in [-0.4, -0.2) is 75.9 Å². The van der Waals surface area contributed by atoms with Gasteiger partial charge in [0.15, 0.2) is 18.9 Å². The zero-order valence-corrected chi connectivity index (χ0v) is 15.0. The van der Waals surface area contributed by atoms with Crippen LogP contribution in [0.3, 0.4) is 0 Å². The minimum absolute atomic E-state index is 0.435. The Kier molecular flexibility index (Phi) is 9.85. The summed E-state index contributed by atoms with van der Waals surface area (Å²) in [5, 5.41) is 30.8. The van der Waals surface area contributed by atoms with Crippen LogP contribution in [0.5, 0.6) is 0 Å². The molecule has 1 heterocycles. The molecular weight excluding hydrogens is 340 g/mol. The minimum Gasteiger partial charge on any atom is -0.480 e. The molecule has 26 heavy (non-hydrogen) atoms. The first-order chi connectivity index (χ1) is 12.3. The summed E-state index contributed by atoms with van der Waals surface area (Å²) < 4.78 is 1.99. The Bertz CT molecular complexity index is 535.